The topological polar surface area (TPSA) is 111 Å². The summed E-state index contributed by atoms with van der Waals surface area (Å²) in [7, 11) is 0. The minimum absolute atomic E-state index is 0.135. The molecule has 2 fully saturated rings. The van der Waals surface area contributed by atoms with E-state index in [1.807, 2.05) is 19.2 Å². The summed E-state index contributed by atoms with van der Waals surface area (Å²) in [6.45, 7) is 3.66. The van der Waals surface area contributed by atoms with Gasteiger partial charge in [0.05, 0.1) is 6.10 Å². The number of amides is 2. The van der Waals surface area contributed by atoms with Crippen LogP contribution in [0.15, 0.2) is 65.1 Å². The molecule has 5 rings (SSSR count). The minimum atomic E-state index is -5.50. The fraction of sp³-hybridized carbons (Fsp3) is 0.424. The zero-order valence-corrected chi connectivity index (χ0v) is 27.0. The van der Waals surface area contributed by atoms with Crippen molar-refractivity contribution in [3.8, 4) is 5.75 Å². The number of hydrogen-bond donors (Lipinski definition) is 2. The molecule has 47 heavy (non-hydrogen) atoms. The Hall–Kier alpha value is -3.78. The number of benzene rings is 3. The number of nitrogens with zero attached hydrogens (tertiary/aromatic N) is 1. The second-order valence-corrected chi connectivity index (χ2v) is 13.1. The Morgan fingerprint density at radius 3 is 2.11 bits per heavy atom. The van der Waals surface area contributed by atoms with Gasteiger partial charge < -0.3 is 25.4 Å². The van der Waals surface area contributed by atoms with Crippen molar-refractivity contribution in [1.29, 1.82) is 0 Å². The number of halogens is 6. The predicted molar refractivity (Wildman–Crippen MR) is 165 cm³/mol. The summed E-state index contributed by atoms with van der Waals surface area (Å²) < 4.78 is 83.5. The number of ether oxygens (including phenoxy) is 2. The lowest BCUT2D eigenvalue weighted by Gasteiger charge is -2.41. The van der Waals surface area contributed by atoms with E-state index in [0.717, 1.165) is 12.1 Å². The SMILES string of the molecule is CC(C)Oc1ccc2cc([C@@H](OC(=O)C(F)(F)F)C(=O)N[C@H](C(=O)N3C4CCC3CC(N)C4)C(F)(F)c3ccc(Br)cc3)ccc2c1. The number of esters is 1. The molecule has 0 radical (unpaired) electrons. The Labute approximate surface area is 275 Å². The molecular weight excluding hydrogens is 693 g/mol. The van der Waals surface area contributed by atoms with Crippen molar-refractivity contribution in [3.05, 3.63) is 76.3 Å². The largest absolute Gasteiger partial charge is 0.491 e. The van der Waals surface area contributed by atoms with Crippen LogP contribution in [0.1, 0.15) is 56.8 Å². The molecule has 3 N–H and O–H groups in total. The number of carbonyl (C=O) groups excluding carboxylic acids is 3. The maximum Gasteiger partial charge on any atom is 0.490 e. The number of fused-ring (bicyclic) bond motifs is 3. The summed E-state index contributed by atoms with van der Waals surface area (Å²) in [5.41, 5.74) is 5.27. The predicted octanol–water partition coefficient (Wildman–Crippen LogP) is 6.29. The molecular formula is C33H33BrF5N3O5. The van der Waals surface area contributed by atoms with E-state index in [2.05, 4.69) is 20.7 Å². The van der Waals surface area contributed by atoms with Crippen LogP contribution >= 0.6 is 15.9 Å². The first kappa shape index (κ1) is 34.6. The monoisotopic (exact) mass is 725 g/mol. The van der Waals surface area contributed by atoms with Crippen LogP contribution in [0.5, 0.6) is 5.75 Å². The van der Waals surface area contributed by atoms with Crippen molar-refractivity contribution in [3.63, 3.8) is 0 Å². The Balaban J connectivity index is 1.53. The van der Waals surface area contributed by atoms with E-state index in [0.29, 0.717) is 46.7 Å². The standard InChI is InChI=1S/C33H33BrF5N3O5/c1-17(2)46-26-12-5-18-13-20(4-3-19(18)14-26)27(47-31(45)33(37,38)39)29(43)41-28(32(35,36)21-6-8-22(34)9-7-21)30(44)42-24-10-11-25(42)16-23(40)15-24/h3-9,12-14,17,23-25,27-28H,10-11,15-16,40H2,1-2H3,(H,41,43)/t23?,24?,25?,27-,28-/m1/s1. The summed E-state index contributed by atoms with van der Waals surface area (Å²) in [6, 6.07) is 10.0. The van der Waals surface area contributed by atoms with E-state index in [1.165, 1.54) is 35.2 Å². The molecule has 2 heterocycles. The Morgan fingerprint density at radius 1 is 0.915 bits per heavy atom. The van der Waals surface area contributed by atoms with Crippen LogP contribution in [0.25, 0.3) is 10.8 Å². The lowest BCUT2D eigenvalue weighted by molar-refractivity contribution is -0.206. The fourth-order valence-corrected chi connectivity index (χ4v) is 6.55. The molecule has 14 heteroatoms. The molecule has 0 aliphatic carbocycles. The van der Waals surface area contributed by atoms with Crippen LogP contribution in [0.2, 0.25) is 0 Å². The highest BCUT2D eigenvalue weighted by Crippen LogP contribution is 2.40. The van der Waals surface area contributed by atoms with Crippen LogP contribution < -0.4 is 15.8 Å². The summed E-state index contributed by atoms with van der Waals surface area (Å²) >= 11 is 3.18. The zero-order chi connectivity index (χ0) is 34.3. The molecule has 8 nitrogen and oxygen atoms in total. The van der Waals surface area contributed by atoms with Crippen LogP contribution in [-0.2, 0) is 25.0 Å². The number of nitrogens with one attached hydrogen (secondary N) is 1. The number of alkyl halides is 5. The first-order valence-electron chi connectivity index (χ1n) is 15.0. The molecule has 0 aromatic heterocycles. The van der Waals surface area contributed by atoms with Gasteiger partial charge in [-0.25, -0.2) is 4.79 Å². The van der Waals surface area contributed by atoms with Gasteiger partial charge in [-0.05, 0) is 80.6 Å². The van der Waals surface area contributed by atoms with E-state index in [4.69, 9.17) is 10.5 Å². The molecule has 252 valence electrons. The maximum atomic E-state index is 16.3. The third kappa shape index (κ3) is 7.53. The molecule has 0 saturated carbocycles. The molecule has 2 unspecified atom stereocenters. The summed E-state index contributed by atoms with van der Waals surface area (Å²) in [5, 5.41) is 3.02. The first-order valence-corrected chi connectivity index (χ1v) is 15.8. The lowest BCUT2D eigenvalue weighted by atomic mass is 9.94. The first-order chi connectivity index (χ1) is 22.0. The number of rotatable bonds is 9. The van der Waals surface area contributed by atoms with Gasteiger partial charge in [0.1, 0.15) is 5.75 Å². The molecule has 3 aromatic rings. The molecule has 0 spiro atoms. The van der Waals surface area contributed by atoms with Crippen molar-refractivity contribution in [2.45, 2.75) is 88.0 Å². The maximum absolute atomic E-state index is 16.3. The van der Waals surface area contributed by atoms with Gasteiger partial charge in [0.15, 0.2) is 6.04 Å². The van der Waals surface area contributed by atoms with Gasteiger partial charge in [-0.1, -0.05) is 46.3 Å². The van der Waals surface area contributed by atoms with Gasteiger partial charge in [0, 0.05) is 33.7 Å². The second-order valence-electron chi connectivity index (χ2n) is 12.2. The van der Waals surface area contributed by atoms with E-state index < -0.39 is 59.7 Å². The van der Waals surface area contributed by atoms with E-state index >= 15 is 8.78 Å². The molecule has 4 atom stereocenters. The molecule has 2 saturated heterocycles. The van der Waals surface area contributed by atoms with Gasteiger partial charge in [-0.15, -0.1) is 0 Å². The van der Waals surface area contributed by atoms with Gasteiger partial charge >= 0.3 is 18.1 Å². The lowest BCUT2D eigenvalue weighted by Crippen LogP contribution is -2.61. The molecule has 2 amide bonds. The Bertz CT molecular complexity index is 1640. The highest BCUT2D eigenvalue weighted by Gasteiger charge is 2.54. The minimum Gasteiger partial charge on any atom is -0.491 e. The van der Waals surface area contributed by atoms with Crippen molar-refractivity contribution in [2.75, 3.05) is 0 Å². The smallest absolute Gasteiger partial charge is 0.490 e. The second kappa shape index (κ2) is 13.4. The van der Waals surface area contributed by atoms with Gasteiger partial charge in [-0.3, -0.25) is 9.59 Å². The van der Waals surface area contributed by atoms with Gasteiger partial charge in [0.2, 0.25) is 6.10 Å². The molecule has 2 aliphatic rings. The zero-order valence-electron chi connectivity index (χ0n) is 25.4. The normalized spacial score (nSPS) is 21.0. The van der Waals surface area contributed by atoms with Gasteiger partial charge in [0.25, 0.3) is 11.8 Å². The van der Waals surface area contributed by atoms with Crippen LogP contribution in [0, 0.1) is 0 Å². The van der Waals surface area contributed by atoms with Crippen molar-refractivity contribution in [1.82, 2.24) is 10.2 Å². The van der Waals surface area contributed by atoms with Crippen LogP contribution in [0.4, 0.5) is 22.0 Å². The number of carbonyl (C=O) groups is 3. The molecule has 2 aliphatic heterocycles. The fourth-order valence-electron chi connectivity index (χ4n) is 6.29. The third-order valence-corrected chi connectivity index (χ3v) is 8.88. The Morgan fingerprint density at radius 2 is 1.51 bits per heavy atom. The summed E-state index contributed by atoms with van der Waals surface area (Å²) in [4.78, 5) is 41.1. The average molecular weight is 727 g/mol. The van der Waals surface area contributed by atoms with Crippen molar-refractivity contribution < 1.29 is 45.8 Å². The summed E-state index contributed by atoms with van der Waals surface area (Å²) in [5.74, 6) is -8.85. The van der Waals surface area contributed by atoms with E-state index in [1.54, 1.807) is 18.2 Å². The van der Waals surface area contributed by atoms with Crippen molar-refractivity contribution in [2.24, 2.45) is 5.73 Å². The summed E-state index contributed by atoms with van der Waals surface area (Å²) in [6.07, 6.45) is -6.16. The number of piperidine rings is 1. The van der Waals surface area contributed by atoms with Crippen LogP contribution in [-0.4, -0.2) is 59.1 Å². The van der Waals surface area contributed by atoms with Gasteiger partial charge in [-0.2, -0.15) is 22.0 Å². The number of nitrogens with two attached hydrogens (primary N) is 1. The van der Waals surface area contributed by atoms with E-state index in [9.17, 15) is 27.6 Å². The highest BCUT2D eigenvalue weighted by atomic mass is 79.9. The third-order valence-electron chi connectivity index (χ3n) is 8.35. The molecule has 3 aromatic carbocycles. The quantitative estimate of drug-likeness (QED) is 0.198. The molecule has 2 bridgehead atoms. The highest BCUT2D eigenvalue weighted by molar-refractivity contribution is 9.10. The van der Waals surface area contributed by atoms with Crippen LogP contribution in [0.3, 0.4) is 0 Å². The number of hydrogen-bond acceptors (Lipinski definition) is 6. The van der Waals surface area contributed by atoms with Crippen molar-refractivity contribution >= 4 is 44.5 Å². The average Bonchev–Trinajstić information content (AvgIpc) is 3.27. The Kier molecular flexibility index (Phi) is 9.84. The van der Waals surface area contributed by atoms with E-state index in [-0.39, 0.29) is 17.7 Å².